The summed E-state index contributed by atoms with van der Waals surface area (Å²) < 4.78 is 1.94. The number of nitrogens with zero attached hydrogens (tertiary/aromatic N) is 1. The first kappa shape index (κ1) is 16.5. The standard InChI is InChI=1S/C19H23N3O2S/c23-16-12-25-15(11-13-7-3-1-4-8-13)17-18(20-16)22(21-19(17)24)14-9-5-2-6-10-14/h1,3-4,7-8,14-15H,2,5-6,9-12H2,(H,20,23)(H,21,24). The molecule has 1 saturated carbocycles. The summed E-state index contributed by atoms with van der Waals surface area (Å²) in [6, 6.07) is 10.5. The van der Waals surface area contributed by atoms with Crippen LogP contribution in [-0.2, 0) is 11.2 Å². The summed E-state index contributed by atoms with van der Waals surface area (Å²) in [4.78, 5) is 25.0. The van der Waals surface area contributed by atoms with E-state index in [1.165, 1.54) is 24.8 Å². The lowest BCUT2D eigenvalue weighted by Crippen LogP contribution is -2.21. The van der Waals surface area contributed by atoms with E-state index in [1.807, 2.05) is 22.9 Å². The Labute approximate surface area is 151 Å². The van der Waals surface area contributed by atoms with Crippen LogP contribution < -0.4 is 10.9 Å². The van der Waals surface area contributed by atoms with Gasteiger partial charge in [0.15, 0.2) is 0 Å². The normalized spacial score (nSPS) is 21.4. The van der Waals surface area contributed by atoms with E-state index in [9.17, 15) is 9.59 Å². The van der Waals surface area contributed by atoms with Crippen LogP contribution in [0.2, 0.25) is 0 Å². The van der Waals surface area contributed by atoms with Gasteiger partial charge in [-0.15, -0.1) is 11.8 Å². The Balaban J connectivity index is 1.72. The van der Waals surface area contributed by atoms with Gasteiger partial charge in [0.1, 0.15) is 5.82 Å². The maximum Gasteiger partial charge on any atom is 0.270 e. The van der Waals surface area contributed by atoms with Crippen molar-refractivity contribution in [3.63, 3.8) is 0 Å². The van der Waals surface area contributed by atoms with Gasteiger partial charge in [0.25, 0.3) is 5.56 Å². The van der Waals surface area contributed by atoms with E-state index in [0.29, 0.717) is 11.6 Å². The van der Waals surface area contributed by atoms with Crippen LogP contribution in [-0.4, -0.2) is 21.4 Å². The van der Waals surface area contributed by atoms with Crippen molar-refractivity contribution in [1.29, 1.82) is 0 Å². The molecule has 1 aliphatic carbocycles. The van der Waals surface area contributed by atoms with Crippen molar-refractivity contribution in [1.82, 2.24) is 9.78 Å². The van der Waals surface area contributed by atoms with Crippen LogP contribution in [0.4, 0.5) is 5.82 Å². The Morgan fingerprint density at radius 3 is 2.60 bits per heavy atom. The van der Waals surface area contributed by atoms with Crippen molar-refractivity contribution in [2.24, 2.45) is 0 Å². The van der Waals surface area contributed by atoms with Crippen LogP contribution in [0.25, 0.3) is 0 Å². The molecule has 1 aromatic carbocycles. The molecule has 4 rings (SSSR count). The average Bonchev–Trinajstić information content (AvgIpc) is 2.86. The predicted molar refractivity (Wildman–Crippen MR) is 101 cm³/mol. The van der Waals surface area contributed by atoms with Crippen molar-refractivity contribution in [2.75, 3.05) is 11.1 Å². The number of rotatable bonds is 3. The number of carbonyl (C=O) groups is 1. The van der Waals surface area contributed by atoms with Crippen molar-refractivity contribution >= 4 is 23.5 Å². The number of nitrogens with one attached hydrogen (secondary N) is 2. The third-order valence-corrected chi connectivity index (χ3v) is 6.40. The number of hydrogen-bond donors (Lipinski definition) is 2. The topological polar surface area (TPSA) is 66.9 Å². The van der Waals surface area contributed by atoms with E-state index in [-0.39, 0.29) is 22.8 Å². The molecule has 2 heterocycles. The SMILES string of the molecule is O=C1CSC(Cc2ccccc2)c2c(n(C3CCCCC3)[nH]c2=O)N1. The minimum atomic E-state index is -0.0591. The maximum atomic E-state index is 12.7. The summed E-state index contributed by atoms with van der Waals surface area (Å²) in [6.07, 6.45) is 6.48. The van der Waals surface area contributed by atoms with Gasteiger partial charge in [0.2, 0.25) is 5.91 Å². The molecule has 1 aliphatic heterocycles. The first-order valence-corrected chi connectivity index (χ1v) is 10.1. The fourth-order valence-electron chi connectivity index (χ4n) is 3.92. The van der Waals surface area contributed by atoms with E-state index in [4.69, 9.17) is 0 Å². The molecule has 6 heteroatoms. The summed E-state index contributed by atoms with van der Waals surface area (Å²) in [5.74, 6) is 1.06. The molecule has 0 bridgehead atoms. The molecule has 1 aromatic heterocycles. The number of aromatic nitrogens is 2. The maximum absolute atomic E-state index is 12.7. The van der Waals surface area contributed by atoms with Crippen LogP contribution in [0.1, 0.15) is 54.5 Å². The Morgan fingerprint density at radius 1 is 1.08 bits per heavy atom. The van der Waals surface area contributed by atoms with E-state index in [0.717, 1.165) is 24.8 Å². The van der Waals surface area contributed by atoms with Crippen molar-refractivity contribution < 1.29 is 4.79 Å². The largest absolute Gasteiger partial charge is 0.310 e. The third kappa shape index (κ3) is 3.40. The molecule has 2 N–H and O–H groups in total. The number of H-pyrrole nitrogens is 1. The highest BCUT2D eigenvalue weighted by Gasteiger charge is 2.31. The zero-order chi connectivity index (χ0) is 17.2. The number of fused-ring (bicyclic) bond motifs is 1. The fraction of sp³-hybridized carbons (Fsp3) is 0.474. The number of thioether (sulfide) groups is 1. The Kier molecular flexibility index (Phi) is 4.70. The van der Waals surface area contributed by atoms with Crippen LogP contribution in [0, 0.1) is 0 Å². The number of hydrogen-bond acceptors (Lipinski definition) is 3. The first-order valence-electron chi connectivity index (χ1n) is 9.02. The van der Waals surface area contributed by atoms with Gasteiger partial charge in [-0.05, 0) is 24.8 Å². The lowest BCUT2D eigenvalue weighted by molar-refractivity contribution is -0.113. The summed E-state index contributed by atoms with van der Waals surface area (Å²) in [5, 5.41) is 6.01. The second kappa shape index (κ2) is 7.12. The van der Waals surface area contributed by atoms with Gasteiger partial charge in [0, 0.05) is 5.25 Å². The van der Waals surface area contributed by atoms with Crippen LogP contribution >= 0.6 is 11.8 Å². The fourth-order valence-corrected chi connectivity index (χ4v) is 5.04. The first-order chi connectivity index (χ1) is 12.2. The van der Waals surface area contributed by atoms with E-state index < -0.39 is 0 Å². The lowest BCUT2D eigenvalue weighted by atomic mass is 9.95. The molecular formula is C19H23N3O2S. The smallest absolute Gasteiger partial charge is 0.270 e. The molecule has 1 unspecified atom stereocenters. The number of anilines is 1. The van der Waals surface area contributed by atoms with Gasteiger partial charge in [0.05, 0.1) is 17.4 Å². The molecule has 0 radical (unpaired) electrons. The van der Waals surface area contributed by atoms with Crippen LogP contribution in [0.15, 0.2) is 35.1 Å². The molecular weight excluding hydrogens is 334 g/mol. The second-order valence-corrected chi connectivity index (χ2v) is 8.09. The van der Waals surface area contributed by atoms with Gasteiger partial charge in [-0.25, -0.2) is 0 Å². The molecule has 5 nitrogen and oxygen atoms in total. The molecule has 1 fully saturated rings. The molecule has 2 aromatic rings. The van der Waals surface area contributed by atoms with Crippen LogP contribution in [0.3, 0.4) is 0 Å². The molecule has 1 atom stereocenters. The minimum Gasteiger partial charge on any atom is -0.310 e. The van der Waals surface area contributed by atoms with E-state index in [1.54, 1.807) is 11.8 Å². The second-order valence-electron chi connectivity index (χ2n) is 6.90. The highest BCUT2D eigenvalue weighted by atomic mass is 32.2. The molecule has 2 aliphatic rings. The van der Waals surface area contributed by atoms with Crippen molar-refractivity contribution in [3.8, 4) is 0 Å². The molecule has 25 heavy (non-hydrogen) atoms. The molecule has 132 valence electrons. The lowest BCUT2D eigenvalue weighted by Gasteiger charge is -2.24. The third-order valence-electron chi connectivity index (χ3n) is 5.16. The van der Waals surface area contributed by atoms with Gasteiger partial charge in [-0.3, -0.25) is 19.4 Å². The van der Waals surface area contributed by atoms with Crippen molar-refractivity contribution in [2.45, 2.75) is 49.8 Å². The number of carbonyl (C=O) groups excluding carboxylic acids is 1. The molecule has 1 amide bonds. The summed E-state index contributed by atoms with van der Waals surface area (Å²) in [7, 11) is 0. The number of aromatic amines is 1. The number of amides is 1. The van der Waals surface area contributed by atoms with Crippen LogP contribution in [0.5, 0.6) is 0 Å². The summed E-state index contributed by atoms with van der Waals surface area (Å²) in [6.45, 7) is 0. The average molecular weight is 357 g/mol. The zero-order valence-electron chi connectivity index (χ0n) is 14.2. The predicted octanol–water partition coefficient (Wildman–Crippen LogP) is 3.65. The highest BCUT2D eigenvalue weighted by Crippen LogP contribution is 2.39. The highest BCUT2D eigenvalue weighted by molar-refractivity contribution is 8.00. The zero-order valence-corrected chi connectivity index (χ0v) is 15.0. The monoisotopic (exact) mass is 357 g/mol. The number of benzene rings is 1. The molecule has 0 spiro atoms. The Morgan fingerprint density at radius 2 is 1.84 bits per heavy atom. The minimum absolute atomic E-state index is 0.00931. The quantitative estimate of drug-likeness (QED) is 0.881. The summed E-state index contributed by atoms with van der Waals surface area (Å²) >= 11 is 1.56. The van der Waals surface area contributed by atoms with E-state index in [2.05, 4.69) is 22.5 Å². The summed E-state index contributed by atoms with van der Waals surface area (Å²) in [5.41, 5.74) is 1.85. The van der Waals surface area contributed by atoms with Gasteiger partial charge >= 0.3 is 0 Å². The molecule has 0 saturated heterocycles. The van der Waals surface area contributed by atoms with E-state index >= 15 is 0 Å². The van der Waals surface area contributed by atoms with Crippen molar-refractivity contribution in [3.05, 3.63) is 51.8 Å². The van der Waals surface area contributed by atoms with Gasteiger partial charge in [-0.1, -0.05) is 49.6 Å². The van der Waals surface area contributed by atoms with Gasteiger partial charge in [-0.2, -0.15) is 0 Å². The Bertz CT molecular complexity index is 806. The van der Waals surface area contributed by atoms with Gasteiger partial charge < -0.3 is 5.32 Å². The Hall–Kier alpha value is -1.95.